The van der Waals surface area contributed by atoms with E-state index in [1.807, 2.05) is 44.3 Å². The van der Waals surface area contributed by atoms with E-state index < -0.39 is 10.1 Å². The third kappa shape index (κ3) is 4.56. The van der Waals surface area contributed by atoms with E-state index in [1.54, 1.807) is 37.8 Å². The number of aryl methyl sites for hydroxylation is 4. The summed E-state index contributed by atoms with van der Waals surface area (Å²) in [5.41, 5.74) is 3.03. The number of rotatable bonds is 2. The lowest BCUT2D eigenvalue weighted by atomic mass is 10.1. The molecule has 0 spiro atoms. The third-order valence-electron chi connectivity index (χ3n) is 4.32. The number of benzene rings is 2. The molecule has 3 rings (SSSR count). The van der Waals surface area contributed by atoms with Gasteiger partial charge in [-0.25, -0.2) is 14.3 Å². The Hall–Kier alpha value is -2.64. The van der Waals surface area contributed by atoms with E-state index >= 15 is 0 Å². The lowest BCUT2D eigenvalue weighted by Crippen LogP contribution is -2.46. The molecule has 0 aliphatic carbocycles. The molecule has 2 N–H and O–H groups in total. The predicted octanol–water partition coefficient (Wildman–Crippen LogP) is 2.67. The molecule has 0 amide bonds. The van der Waals surface area contributed by atoms with Crippen molar-refractivity contribution in [3.8, 4) is 5.75 Å². The minimum atomic E-state index is -4.33. The standard InChI is InChI=1S/C11H13N2O.C9H12O3S/c1-8-9-4-3-5-11(14-2)10(9)6-7-13(8)12;1-6-4-7(2)9(8(3)5-6)13(10,11)12/h3-7H,12H2,1-2H3;4-5H,1-3H3,(H,10,11,12)/q+1;/p-1. The first-order valence-corrected chi connectivity index (χ1v) is 9.74. The normalized spacial score (nSPS) is 11.0. The van der Waals surface area contributed by atoms with Crippen molar-refractivity contribution in [2.45, 2.75) is 32.6 Å². The second kappa shape index (κ2) is 7.94. The van der Waals surface area contributed by atoms with Crippen molar-refractivity contribution >= 4 is 20.9 Å². The molecule has 0 aliphatic heterocycles. The zero-order valence-electron chi connectivity index (χ0n) is 16.1. The number of aromatic nitrogens is 1. The number of methoxy groups -OCH3 is 1. The molecular formula is C20H24N2O4S. The smallest absolute Gasteiger partial charge is 0.216 e. The summed E-state index contributed by atoms with van der Waals surface area (Å²) in [6.45, 7) is 7.11. The summed E-state index contributed by atoms with van der Waals surface area (Å²) in [6, 6.07) is 11.3. The molecule has 1 aromatic heterocycles. The van der Waals surface area contributed by atoms with Gasteiger partial charge in [-0.15, -0.1) is 0 Å². The Morgan fingerprint density at radius 1 is 1.00 bits per heavy atom. The molecule has 6 nitrogen and oxygen atoms in total. The van der Waals surface area contributed by atoms with Gasteiger partial charge < -0.3 is 9.29 Å². The van der Waals surface area contributed by atoms with Gasteiger partial charge in [0.2, 0.25) is 5.69 Å². The SMILES string of the molecule is COc1cccc2c(C)[n+](N)ccc12.Cc1cc(C)c(S(=O)(=O)[O-])c(C)c1. The molecule has 0 aliphatic rings. The van der Waals surface area contributed by atoms with Crippen molar-refractivity contribution in [1.82, 2.24) is 0 Å². The Kier molecular flexibility index (Phi) is 6.08. The number of ether oxygens (including phenoxy) is 1. The van der Waals surface area contributed by atoms with Gasteiger partial charge in [0.25, 0.3) is 0 Å². The minimum Gasteiger partial charge on any atom is -0.744 e. The Bertz CT molecular complexity index is 1070. The Morgan fingerprint density at radius 3 is 2.11 bits per heavy atom. The zero-order chi connectivity index (χ0) is 20.4. The molecule has 3 aromatic rings. The number of nitrogens with two attached hydrogens (primary N) is 1. The molecule has 1 heterocycles. The topological polar surface area (TPSA) is 96.3 Å². The van der Waals surface area contributed by atoms with Gasteiger partial charge in [-0.1, -0.05) is 28.4 Å². The molecular weight excluding hydrogens is 364 g/mol. The number of pyridine rings is 1. The van der Waals surface area contributed by atoms with Gasteiger partial charge in [0, 0.05) is 18.4 Å². The van der Waals surface area contributed by atoms with Crippen LogP contribution >= 0.6 is 0 Å². The highest BCUT2D eigenvalue weighted by Gasteiger charge is 2.10. The van der Waals surface area contributed by atoms with Gasteiger partial charge in [-0.2, -0.15) is 0 Å². The quantitative estimate of drug-likeness (QED) is 0.414. The first-order chi connectivity index (χ1) is 12.6. The Labute approximate surface area is 159 Å². The van der Waals surface area contributed by atoms with Crippen molar-refractivity contribution < 1.29 is 22.4 Å². The maximum Gasteiger partial charge on any atom is 0.216 e. The molecule has 0 saturated heterocycles. The summed E-state index contributed by atoms with van der Waals surface area (Å²) in [5.74, 6) is 6.63. The monoisotopic (exact) mass is 388 g/mol. The van der Waals surface area contributed by atoms with Crippen LogP contribution < -0.4 is 15.3 Å². The maximum atomic E-state index is 10.8. The van der Waals surface area contributed by atoms with Crippen LogP contribution in [0.1, 0.15) is 22.4 Å². The highest BCUT2D eigenvalue weighted by atomic mass is 32.2. The van der Waals surface area contributed by atoms with Gasteiger partial charge in [0.05, 0.1) is 17.4 Å². The molecule has 0 radical (unpaired) electrons. The summed E-state index contributed by atoms with van der Waals surface area (Å²) in [7, 11) is -2.66. The molecule has 7 heteroatoms. The Balaban J connectivity index is 0.000000194. The molecule has 0 bridgehead atoms. The van der Waals surface area contributed by atoms with Crippen molar-refractivity contribution in [3.63, 3.8) is 0 Å². The molecule has 2 aromatic carbocycles. The fourth-order valence-electron chi connectivity index (χ4n) is 3.18. The lowest BCUT2D eigenvalue weighted by Gasteiger charge is -2.14. The molecule has 0 saturated carbocycles. The first-order valence-electron chi connectivity index (χ1n) is 8.33. The second-order valence-corrected chi connectivity index (χ2v) is 7.73. The molecule has 0 fully saturated rings. The number of hydrogen-bond donors (Lipinski definition) is 1. The third-order valence-corrected chi connectivity index (χ3v) is 5.46. The van der Waals surface area contributed by atoms with Gasteiger partial charge in [0.1, 0.15) is 15.9 Å². The summed E-state index contributed by atoms with van der Waals surface area (Å²) in [4.78, 5) is -0.0851. The summed E-state index contributed by atoms with van der Waals surface area (Å²) in [5, 5.41) is 2.21. The van der Waals surface area contributed by atoms with E-state index in [0.29, 0.717) is 11.1 Å². The molecule has 144 valence electrons. The van der Waals surface area contributed by atoms with E-state index in [4.69, 9.17) is 10.6 Å². The highest BCUT2D eigenvalue weighted by molar-refractivity contribution is 7.85. The minimum absolute atomic E-state index is 0.0851. The number of hydrogen-bond acceptors (Lipinski definition) is 5. The lowest BCUT2D eigenvalue weighted by molar-refractivity contribution is -0.643. The molecule has 0 unspecified atom stereocenters. The number of nitrogen functional groups attached to an aromatic ring is 1. The first kappa shape index (κ1) is 20.7. The van der Waals surface area contributed by atoms with Crippen molar-refractivity contribution in [3.05, 3.63) is 65.0 Å². The van der Waals surface area contributed by atoms with E-state index in [1.165, 1.54) is 0 Å². The van der Waals surface area contributed by atoms with Crippen LogP contribution in [0.2, 0.25) is 0 Å². The van der Waals surface area contributed by atoms with Crippen LogP contribution in [0.5, 0.6) is 5.75 Å². The zero-order valence-corrected chi connectivity index (χ0v) is 16.9. The summed E-state index contributed by atoms with van der Waals surface area (Å²) < 4.78 is 39.4. The Morgan fingerprint density at radius 2 is 1.59 bits per heavy atom. The largest absolute Gasteiger partial charge is 0.744 e. The summed E-state index contributed by atoms with van der Waals surface area (Å²) in [6.07, 6.45) is 1.83. The van der Waals surface area contributed by atoms with Crippen LogP contribution in [-0.2, 0) is 10.1 Å². The van der Waals surface area contributed by atoms with Crippen molar-refractivity contribution in [2.75, 3.05) is 13.0 Å². The fraction of sp³-hybridized carbons (Fsp3) is 0.250. The summed E-state index contributed by atoms with van der Waals surface area (Å²) >= 11 is 0. The second-order valence-electron chi connectivity index (χ2n) is 6.41. The molecule has 0 atom stereocenters. The van der Waals surface area contributed by atoms with Gasteiger partial charge in [0.15, 0.2) is 6.20 Å². The average Bonchev–Trinajstić information content (AvgIpc) is 2.56. The van der Waals surface area contributed by atoms with Crippen LogP contribution in [0.25, 0.3) is 10.8 Å². The van der Waals surface area contributed by atoms with E-state index in [9.17, 15) is 13.0 Å². The van der Waals surface area contributed by atoms with Crippen molar-refractivity contribution in [1.29, 1.82) is 0 Å². The predicted molar refractivity (Wildman–Crippen MR) is 104 cm³/mol. The van der Waals surface area contributed by atoms with Crippen LogP contribution in [0.4, 0.5) is 0 Å². The van der Waals surface area contributed by atoms with E-state index in [-0.39, 0.29) is 4.90 Å². The van der Waals surface area contributed by atoms with Crippen LogP contribution in [0, 0.1) is 27.7 Å². The van der Waals surface area contributed by atoms with Gasteiger partial charge in [-0.05, 0) is 44.0 Å². The molecule has 27 heavy (non-hydrogen) atoms. The maximum absolute atomic E-state index is 10.8. The highest BCUT2D eigenvalue weighted by Crippen LogP contribution is 2.25. The number of nitrogens with zero attached hydrogens (tertiary/aromatic N) is 1. The van der Waals surface area contributed by atoms with Crippen LogP contribution in [0.3, 0.4) is 0 Å². The average molecular weight is 388 g/mol. The van der Waals surface area contributed by atoms with E-state index in [0.717, 1.165) is 27.8 Å². The van der Waals surface area contributed by atoms with E-state index in [2.05, 4.69) is 0 Å². The van der Waals surface area contributed by atoms with Crippen LogP contribution in [-0.4, -0.2) is 20.1 Å². The van der Waals surface area contributed by atoms with Crippen molar-refractivity contribution in [2.24, 2.45) is 0 Å². The van der Waals surface area contributed by atoms with Gasteiger partial charge >= 0.3 is 0 Å². The fourth-order valence-corrected chi connectivity index (χ4v) is 4.08. The number of fused-ring (bicyclic) bond motifs is 1. The van der Waals surface area contributed by atoms with Gasteiger partial charge in [-0.3, -0.25) is 0 Å². The van der Waals surface area contributed by atoms with Crippen LogP contribution in [0.15, 0.2) is 47.5 Å².